The summed E-state index contributed by atoms with van der Waals surface area (Å²) in [6.07, 6.45) is 2.38. The van der Waals surface area contributed by atoms with E-state index < -0.39 is 12.6 Å². The van der Waals surface area contributed by atoms with Crippen LogP contribution in [0.4, 0.5) is 11.5 Å². The Morgan fingerprint density at radius 3 is 2.82 bits per heavy atom. The molecule has 1 N–H and O–H groups in total. The Hall–Kier alpha value is -2.46. The van der Waals surface area contributed by atoms with Crippen molar-refractivity contribution in [3.05, 3.63) is 47.2 Å². The Kier molecular flexibility index (Phi) is 5.99. The van der Waals surface area contributed by atoms with Gasteiger partial charge in [-0.3, -0.25) is 0 Å². The zero-order valence-corrected chi connectivity index (χ0v) is 15.2. The third-order valence-electron chi connectivity index (χ3n) is 4.45. The zero-order valence-electron chi connectivity index (χ0n) is 14.5. The zero-order chi connectivity index (χ0) is 19.0. The van der Waals surface area contributed by atoms with E-state index in [4.69, 9.17) is 26.2 Å². The summed E-state index contributed by atoms with van der Waals surface area (Å²) in [5.41, 5.74) is 2.86. The van der Waals surface area contributed by atoms with Crippen LogP contribution in [-0.2, 0) is 11.2 Å². The quantitative estimate of drug-likeness (QED) is 0.667. The summed E-state index contributed by atoms with van der Waals surface area (Å²) in [7, 11) is 1.50. The van der Waals surface area contributed by atoms with Crippen molar-refractivity contribution in [2.45, 2.75) is 6.42 Å². The van der Waals surface area contributed by atoms with Gasteiger partial charge in [-0.05, 0) is 30.2 Å². The number of carboxylic acid groups (broad SMARTS) is 1. The second kappa shape index (κ2) is 8.27. The molecule has 1 aliphatic rings. The molecule has 0 bridgehead atoms. The van der Waals surface area contributed by atoms with Crippen LogP contribution in [-0.4, -0.2) is 60.2 Å². The summed E-state index contributed by atoms with van der Waals surface area (Å²) in [4.78, 5) is 21.7. The van der Waals surface area contributed by atoms with Crippen LogP contribution in [0, 0.1) is 0 Å². The molecule has 9 heteroatoms. The molecule has 0 radical (unpaired) electrons. The van der Waals surface area contributed by atoms with Gasteiger partial charge in [0.2, 0.25) is 0 Å². The van der Waals surface area contributed by atoms with Crippen LogP contribution in [0.3, 0.4) is 0 Å². The fraction of sp³-hybridized carbons (Fsp3) is 0.211. The van der Waals surface area contributed by atoms with Gasteiger partial charge in [0, 0.05) is 28.7 Å². The van der Waals surface area contributed by atoms with Crippen LogP contribution < -0.4 is 14.4 Å². The van der Waals surface area contributed by atoms with Gasteiger partial charge in [-0.15, -0.1) is 0 Å². The molecule has 140 valence electrons. The minimum atomic E-state index is -1.06. The number of ether oxygens (including phenoxy) is 2. The molecule has 0 fully saturated rings. The monoisotopic (exact) mass is 393 g/mol. The Labute approximate surface area is 178 Å². The second-order valence-electron chi connectivity index (χ2n) is 6.07. The molecular formula is C19H17ClLiN3O4. The van der Waals surface area contributed by atoms with Crippen molar-refractivity contribution in [2.24, 2.45) is 0 Å². The van der Waals surface area contributed by atoms with Crippen molar-refractivity contribution in [3.63, 3.8) is 0 Å². The van der Waals surface area contributed by atoms with Gasteiger partial charge in [0.25, 0.3) is 0 Å². The van der Waals surface area contributed by atoms with E-state index in [2.05, 4.69) is 14.9 Å². The van der Waals surface area contributed by atoms with Crippen molar-refractivity contribution in [1.29, 1.82) is 0 Å². The fourth-order valence-electron chi connectivity index (χ4n) is 3.25. The van der Waals surface area contributed by atoms with E-state index >= 15 is 0 Å². The van der Waals surface area contributed by atoms with Crippen LogP contribution in [0.15, 0.2) is 36.7 Å². The SMILES string of the molecule is COc1cc2c(N3CCc4ccc(Cl)cc43)ncnc2cc1OCC(=O)O.[LiH]. The van der Waals surface area contributed by atoms with E-state index in [0.29, 0.717) is 22.0 Å². The van der Waals surface area contributed by atoms with E-state index in [1.807, 2.05) is 18.2 Å². The summed E-state index contributed by atoms with van der Waals surface area (Å²) in [5, 5.41) is 10.3. The van der Waals surface area contributed by atoms with Crippen LogP contribution >= 0.6 is 11.6 Å². The minimum absolute atomic E-state index is 0. The Bertz CT molecular complexity index is 1050. The number of benzene rings is 2. The number of hydrogen-bond donors (Lipinski definition) is 1. The third kappa shape index (κ3) is 3.74. The number of hydrogen-bond acceptors (Lipinski definition) is 6. The van der Waals surface area contributed by atoms with Crippen molar-refractivity contribution >= 4 is 58.8 Å². The van der Waals surface area contributed by atoms with Gasteiger partial charge >= 0.3 is 24.8 Å². The second-order valence-corrected chi connectivity index (χ2v) is 6.51. The number of methoxy groups -OCH3 is 1. The van der Waals surface area contributed by atoms with E-state index in [1.54, 1.807) is 12.1 Å². The summed E-state index contributed by atoms with van der Waals surface area (Å²) in [5.74, 6) is 0.419. The molecule has 0 saturated carbocycles. The number of rotatable bonds is 5. The molecule has 0 atom stereocenters. The van der Waals surface area contributed by atoms with Crippen LogP contribution in [0.1, 0.15) is 5.56 Å². The standard InChI is InChI=1S/C19H16ClN3O4.Li.H/c1-26-16-7-13-14(8-17(16)27-9-18(24)25)21-10-22-19(13)23-5-4-11-2-3-12(20)6-15(11)23;;/h2-3,6-8,10H,4-5,9H2,1H3,(H,24,25);;. The molecule has 28 heavy (non-hydrogen) atoms. The predicted molar refractivity (Wildman–Crippen MR) is 109 cm³/mol. The molecule has 3 aromatic rings. The van der Waals surface area contributed by atoms with E-state index in [1.165, 1.54) is 19.0 Å². The van der Waals surface area contributed by atoms with Crippen molar-refractivity contribution in [3.8, 4) is 11.5 Å². The number of nitrogens with zero attached hydrogens (tertiary/aromatic N) is 3. The van der Waals surface area contributed by atoms with Gasteiger partial charge in [-0.25, -0.2) is 14.8 Å². The van der Waals surface area contributed by atoms with Crippen LogP contribution in [0.25, 0.3) is 10.9 Å². The van der Waals surface area contributed by atoms with Gasteiger partial charge in [0.15, 0.2) is 18.1 Å². The first kappa shape index (κ1) is 20.3. The normalized spacial score (nSPS) is 12.4. The Morgan fingerprint density at radius 2 is 2.07 bits per heavy atom. The third-order valence-corrected chi connectivity index (χ3v) is 4.68. The number of fused-ring (bicyclic) bond motifs is 2. The molecule has 0 spiro atoms. The molecule has 4 rings (SSSR count). The van der Waals surface area contributed by atoms with Crippen molar-refractivity contribution in [2.75, 3.05) is 25.2 Å². The first-order valence-corrected chi connectivity index (χ1v) is 8.68. The molecule has 1 aliphatic heterocycles. The average molecular weight is 394 g/mol. The van der Waals surface area contributed by atoms with Crippen LogP contribution in [0.5, 0.6) is 11.5 Å². The summed E-state index contributed by atoms with van der Waals surface area (Å²) < 4.78 is 10.7. The Morgan fingerprint density at radius 1 is 1.25 bits per heavy atom. The van der Waals surface area contributed by atoms with Gasteiger partial charge in [-0.1, -0.05) is 17.7 Å². The Balaban J connectivity index is 0.00000225. The summed E-state index contributed by atoms with van der Waals surface area (Å²) in [6, 6.07) is 9.28. The number of carbonyl (C=O) groups is 1. The maximum atomic E-state index is 10.8. The molecule has 0 saturated heterocycles. The first-order chi connectivity index (χ1) is 13.1. The van der Waals surface area contributed by atoms with E-state index in [9.17, 15) is 4.79 Å². The molecule has 0 unspecified atom stereocenters. The average Bonchev–Trinajstić information content (AvgIpc) is 3.07. The summed E-state index contributed by atoms with van der Waals surface area (Å²) in [6.45, 7) is 0.319. The van der Waals surface area contributed by atoms with Crippen molar-refractivity contribution in [1.82, 2.24) is 9.97 Å². The number of aromatic nitrogens is 2. The topological polar surface area (TPSA) is 84.8 Å². The molecular weight excluding hydrogens is 377 g/mol. The number of aliphatic carboxylic acids is 1. The molecule has 0 amide bonds. The maximum absolute atomic E-state index is 10.8. The van der Waals surface area contributed by atoms with Gasteiger partial charge in [0.1, 0.15) is 12.1 Å². The number of anilines is 2. The number of halogens is 1. The van der Waals surface area contributed by atoms with Gasteiger partial charge in [-0.2, -0.15) is 0 Å². The van der Waals surface area contributed by atoms with Gasteiger partial charge < -0.3 is 19.5 Å². The molecule has 7 nitrogen and oxygen atoms in total. The number of carboxylic acids is 1. The van der Waals surface area contributed by atoms with Crippen LogP contribution in [0.2, 0.25) is 5.02 Å². The van der Waals surface area contributed by atoms with E-state index in [-0.39, 0.29) is 18.9 Å². The first-order valence-electron chi connectivity index (χ1n) is 8.30. The van der Waals surface area contributed by atoms with E-state index in [0.717, 1.165) is 29.9 Å². The molecule has 0 aliphatic carbocycles. The van der Waals surface area contributed by atoms with Gasteiger partial charge in [0.05, 0.1) is 12.6 Å². The summed E-state index contributed by atoms with van der Waals surface area (Å²) >= 11 is 6.18. The fourth-order valence-corrected chi connectivity index (χ4v) is 3.42. The molecule has 2 aromatic carbocycles. The predicted octanol–water partition coefficient (Wildman–Crippen LogP) is 2.80. The molecule has 1 aromatic heterocycles. The molecule has 2 heterocycles. The van der Waals surface area contributed by atoms with Crippen molar-refractivity contribution < 1.29 is 19.4 Å².